The van der Waals surface area contributed by atoms with Gasteiger partial charge in [0, 0.05) is 32.2 Å². The predicted octanol–water partition coefficient (Wildman–Crippen LogP) is 0.747. The smallest absolute Gasteiger partial charge is 0.274 e. The molecule has 1 fully saturated rings. The molecule has 0 bridgehead atoms. The van der Waals surface area contributed by atoms with Crippen molar-refractivity contribution in [1.29, 1.82) is 0 Å². The van der Waals surface area contributed by atoms with E-state index in [0.29, 0.717) is 17.8 Å². The molecule has 1 aliphatic heterocycles. The van der Waals surface area contributed by atoms with Crippen molar-refractivity contribution in [1.82, 2.24) is 10.2 Å². The molecule has 1 aromatic rings. The van der Waals surface area contributed by atoms with Crippen LogP contribution in [-0.2, 0) is 4.79 Å². The highest BCUT2D eigenvalue weighted by atomic mass is 16.6. The predicted molar refractivity (Wildman–Crippen MR) is 75.8 cm³/mol. The highest BCUT2D eigenvalue weighted by Crippen LogP contribution is 2.24. The number of rotatable bonds is 4. The average Bonchev–Trinajstić information content (AvgIpc) is 2.42. The Morgan fingerprint density at radius 3 is 2.80 bits per heavy atom. The Balaban J connectivity index is 2.00. The fourth-order valence-electron chi connectivity index (χ4n) is 2.22. The Morgan fingerprint density at radius 2 is 2.15 bits per heavy atom. The Kier molecular flexibility index (Phi) is 4.65. The van der Waals surface area contributed by atoms with Gasteiger partial charge in [0.2, 0.25) is 5.91 Å². The first-order chi connectivity index (χ1) is 9.58. The van der Waals surface area contributed by atoms with E-state index in [1.54, 1.807) is 19.1 Å². The van der Waals surface area contributed by atoms with Crippen molar-refractivity contribution in [2.24, 2.45) is 0 Å². The Morgan fingerprint density at radius 1 is 1.45 bits per heavy atom. The third kappa shape index (κ3) is 3.52. The van der Waals surface area contributed by atoms with E-state index in [-0.39, 0.29) is 11.6 Å². The first-order valence-electron chi connectivity index (χ1n) is 6.55. The maximum Gasteiger partial charge on any atom is 0.274 e. The van der Waals surface area contributed by atoms with Crippen LogP contribution in [0.5, 0.6) is 0 Å². The van der Waals surface area contributed by atoms with E-state index in [0.717, 1.165) is 26.2 Å². The molecule has 1 aromatic carbocycles. The monoisotopic (exact) mass is 278 g/mol. The van der Waals surface area contributed by atoms with Gasteiger partial charge in [-0.15, -0.1) is 0 Å². The van der Waals surface area contributed by atoms with Gasteiger partial charge in [-0.2, -0.15) is 0 Å². The first-order valence-corrected chi connectivity index (χ1v) is 6.55. The summed E-state index contributed by atoms with van der Waals surface area (Å²) in [5.74, 6) is -0.143. The summed E-state index contributed by atoms with van der Waals surface area (Å²) in [6.07, 6.45) is 0. The van der Waals surface area contributed by atoms with E-state index < -0.39 is 4.92 Å². The first kappa shape index (κ1) is 14.4. The molecule has 7 heteroatoms. The van der Waals surface area contributed by atoms with Gasteiger partial charge < -0.3 is 10.6 Å². The lowest BCUT2D eigenvalue weighted by atomic mass is 10.1. The van der Waals surface area contributed by atoms with Crippen molar-refractivity contribution in [3.8, 4) is 0 Å². The van der Waals surface area contributed by atoms with Crippen LogP contribution < -0.4 is 10.6 Å². The molecular formula is C13H18N4O3. The number of nitro groups is 1. The highest BCUT2D eigenvalue weighted by molar-refractivity contribution is 5.93. The number of carbonyl (C=O) groups is 1. The third-order valence-corrected chi connectivity index (χ3v) is 3.35. The van der Waals surface area contributed by atoms with Gasteiger partial charge in [0.25, 0.3) is 5.69 Å². The number of hydrogen-bond acceptors (Lipinski definition) is 5. The van der Waals surface area contributed by atoms with Crippen LogP contribution >= 0.6 is 0 Å². The highest BCUT2D eigenvalue weighted by Gasteiger charge is 2.17. The van der Waals surface area contributed by atoms with E-state index >= 15 is 0 Å². The van der Waals surface area contributed by atoms with E-state index in [1.807, 2.05) is 0 Å². The normalized spacial score (nSPS) is 15.8. The number of nitro benzene ring substituents is 1. The maximum atomic E-state index is 12.0. The Hall–Kier alpha value is -1.99. The number of nitrogens with zero attached hydrogens (tertiary/aromatic N) is 2. The summed E-state index contributed by atoms with van der Waals surface area (Å²) in [5.41, 5.74) is 0.996. The SMILES string of the molecule is Cc1c(NC(=O)CN2CCNCC2)cccc1[N+](=O)[O-]. The second kappa shape index (κ2) is 6.44. The van der Waals surface area contributed by atoms with Crippen molar-refractivity contribution in [2.75, 3.05) is 38.0 Å². The number of carbonyl (C=O) groups excluding carboxylic acids is 1. The van der Waals surface area contributed by atoms with Gasteiger partial charge in [0.15, 0.2) is 0 Å². The molecule has 0 atom stereocenters. The lowest BCUT2D eigenvalue weighted by Gasteiger charge is -2.26. The standard InChI is InChI=1S/C13H18N4O3/c1-10-11(3-2-4-12(10)17(19)20)15-13(18)9-16-7-5-14-6-8-16/h2-4,14H,5-9H2,1H3,(H,15,18). The van der Waals surface area contributed by atoms with E-state index in [1.165, 1.54) is 6.07 Å². The number of piperazine rings is 1. The van der Waals surface area contributed by atoms with Gasteiger partial charge in [-0.3, -0.25) is 19.8 Å². The zero-order chi connectivity index (χ0) is 14.5. The molecule has 1 amide bonds. The van der Waals surface area contributed by atoms with Gasteiger partial charge in [0.1, 0.15) is 0 Å². The maximum absolute atomic E-state index is 12.0. The van der Waals surface area contributed by atoms with Crippen LogP contribution in [0.4, 0.5) is 11.4 Å². The minimum absolute atomic E-state index is 0.0185. The third-order valence-electron chi connectivity index (χ3n) is 3.35. The van der Waals surface area contributed by atoms with E-state index in [2.05, 4.69) is 15.5 Å². The lowest BCUT2D eigenvalue weighted by Crippen LogP contribution is -2.46. The Bertz CT molecular complexity index is 512. The molecule has 0 unspecified atom stereocenters. The van der Waals surface area contributed by atoms with Crippen LogP contribution in [0.3, 0.4) is 0 Å². The van der Waals surface area contributed by atoms with Crippen molar-refractivity contribution in [2.45, 2.75) is 6.92 Å². The molecule has 0 aliphatic carbocycles. The van der Waals surface area contributed by atoms with Crippen LogP contribution in [0.2, 0.25) is 0 Å². The fourth-order valence-corrected chi connectivity index (χ4v) is 2.22. The molecule has 0 aromatic heterocycles. The van der Waals surface area contributed by atoms with Gasteiger partial charge in [0.05, 0.1) is 22.7 Å². The largest absolute Gasteiger partial charge is 0.324 e. The van der Waals surface area contributed by atoms with Crippen LogP contribution in [-0.4, -0.2) is 48.5 Å². The minimum atomic E-state index is -0.443. The van der Waals surface area contributed by atoms with Crippen LogP contribution in [0.1, 0.15) is 5.56 Å². The summed E-state index contributed by atoms with van der Waals surface area (Å²) in [7, 11) is 0. The number of benzene rings is 1. The molecule has 1 saturated heterocycles. The van der Waals surface area contributed by atoms with Crippen LogP contribution in [0.25, 0.3) is 0 Å². The molecule has 108 valence electrons. The van der Waals surface area contributed by atoms with Gasteiger partial charge >= 0.3 is 0 Å². The van der Waals surface area contributed by atoms with Gasteiger partial charge in [-0.05, 0) is 13.0 Å². The Labute approximate surface area is 117 Å². The van der Waals surface area contributed by atoms with E-state index in [4.69, 9.17) is 0 Å². The molecular weight excluding hydrogens is 260 g/mol. The molecule has 1 aliphatic rings. The minimum Gasteiger partial charge on any atom is -0.324 e. The topological polar surface area (TPSA) is 87.5 Å². The summed E-state index contributed by atoms with van der Waals surface area (Å²) in [6, 6.07) is 4.69. The van der Waals surface area contributed by atoms with Crippen molar-refractivity contribution >= 4 is 17.3 Å². The van der Waals surface area contributed by atoms with Gasteiger partial charge in [-0.25, -0.2) is 0 Å². The molecule has 7 nitrogen and oxygen atoms in total. The quantitative estimate of drug-likeness (QED) is 0.626. The summed E-state index contributed by atoms with van der Waals surface area (Å²) >= 11 is 0. The van der Waals surface area contributed by atoms with Crippen LogP contribution in [0, 0.1) is 17.0 Å². The van der Waals surface area contributed by atoms with Crippen LogP contribution in [0.15, 0.2) is 18.2 Å². The number of anilines is 1. The second-order valence-corrected chi connectivity index (χ2v) is 4.78. The molecule has 0 spiro atoms. The molecule has 2 rings (SSSR count). The summed E-state index contributed by atoms with van der Waals surface area (Å²) < 4.78 is 0. The molecule has 0 radical (unpaired) electrons. The summed E-state index contributed by atoms with van der Waals surface area (Å²) in [4.78, 5) is 24.4. The molecule has 1 heterocycles. The summed E-state index contributed by atoms with van der Waals surface area (Å²) in [6.45, 7) is 5.37. The van der Waals surface area contributed by atoms with Gasteiger partial charge in [-0.1, -0.05) is 6.07 Å². The molecule has 20 heavy (non-hydrogen) atoms. The lowest BCUT2D eigenvalue weighted by molar-refractivity contribution is -0.385. The molecule has 2 N–H and O–H groups in total. The zero-order valence-electron chi connectivity index (χ0n) is 11.4. The van der Waals surface area contributed by atoms with Crippen molar-refractivity contribution in [3.05, 3.63) is 33.9 Å². The summed E-state index contributed by atoms with van der Waals surface area (Å²) in [5, 5.41) is 16.8. The fraction of sp³-hybridized carbons (Fsp3) is 0.462. The van der Waals surface area contributed by atoms with Crippen molar-refractivity contribution < 1.29 is 9.72 Å². The second-order valence-electron chi connectivity index (χ2n) is 4.78. The van der Waals surface area contributed by atoms with Crippen molar-refractivity contribution in [3.63, 3.8) is 0 Å². The number of amides is 1. The van der Waals surface area contributed by atoms with E-state index in [9.17, 15) is 14.9 Å². The number of nitrogens with one attached hydrogen (secondary N) is 2. The number of hydrogen-bond donors (Lipinski definition) is 2. The zero-order valence-corrected chi connectivity index (χ0v) is 11.4. The molecule has 0 saturated carbocycles. The average molecular weight is 278 g/mol.